The van der Waals surface area contributed by atoms with Crippen molar-refractivity contribution >= 4 is 21.4 Å². The fourth-order valence-corrected chi connectivity index (χ4v) is 4.97. The normalized spacial score (nSPS) is 21.7. The molecule has 1 unspecified atom stereocenters. The van der Waals surface area contributed by atoms with Crippen molar-refractivity contribution in [1.82, 2.24) is 9.62 Å². The summed E-state index contributed by atoms with van der Waals surface area (Å²) in [6, 6.07) is 1.67. The molecule has 2 heterocycles. The Labute approximate surface area is 118 Å². The number of nitrogens with zero attached hydrogens (tertiary/aromatic N) is 1. The van der Waals surface area contributed by atoms with Gasteiger partial charge in [-0.2, -0.15) is 4.31 Å². The van der Waals surface area contributed by atoms with E-state index in [0.717, 1.165) is 12.1 Å². The summed E-state index contributed by atoms with van der Waals surface area (Å²) in [5, 5.41) is 5.10. The van der Waals surface area contributed by atoms with E-state index in [1.54, 1.807) is 10.4 Å². The number of hydrogen-bond acceptors (Lipinski definition) is 5. The molecule has 1 atom stereocenters. The van der Waals surface area contributed by atoms with Crippen LogP contribution < -0.4 is 5.32 Å². The Morgan fingerprint density at radius 2 is 2.37 bits per heavy atom. The smallest absolute Gasteiger partial charge is 0.252 e. The number of rotatable bonds is 5. The second-order valence-corrected chi connectivity index (χ2v) is 7.62. The number of ether oxygens (including phenoxy) is 1. The van der Waals surface area contributed by atoms with E-state index in [1.807, 2.05) is 19.2 Å². The second-order valence-electron chi connectivity index (χ2n) is 4.59. The largest absolute Gasteiger partial charge is 0.378 e. The zero-order valence-corrected chi connectivity index (χ0v) is 12.9. The summed E-state index contributed by atoms with van der Waals surface area (Å²) in [4.78, 5) is 0. The first-order chi connectivity index (χ1) is 9.05. The average molecular weight is 304 g/mol. The SMILES string of the molecule is CCNCc1csc(S(=O)(=O)N2CCOCC2C)c1. The van der Waals surface area contributed by atoms with Crippen molar-refractivity contribution in [2.45, 2.75) is 30.6 Å². The number of morpholine rings is 1. The first kappa shape index (κ1) is 14.9. The lowest BCUT2D eigenvalue weighted by Crippen LogP contribution is -2.46. The van der Waals surface area contributed by atoms with Gasteiger partial charge in [-0.05, 0) is 30.5 Å². The van der Waals surface area contributed by atoms with Gasteiger partial charge in [0.1, 0.15) is 4.21 Å². The van der Waals surface area contributed by atoms with E-state index < -0.39 is 10.0 Å². The van der Waals surface area contributed by atoms with Crippen LogP contribution in [0, 0.1) is 0 Å². The lowest BCUT2D eigenvalue weighted by atomic mass is 10.3. The summed E-state index contributed by atoms with van der Waals surface area (Å²) in [6.45, 7) is 6.86. The molecule has 0 aromatic carbocycles. The van der Waals surface area contributed by atoms with Crippen molar-refractivity contribution in [2.24, 2.45) is 0 Å². The molecule has 0 radical (unpaired) electrons. The third-order valence-electron chi connectivity index (χ3n) is 3.08. The molecule has 1 fully saturated rings. The highest BCUT2D eigenvalue weighted by atomic mass is 32.2. The van der Waals surface area contributed by atoms with Crippen LogP contribution in [0.5, 0.6) is 0 Å². The van der Waals surface area contributed by atoms with Gasteiger partial charge in [-0.15, -0.1) is 11.3 Å². The van der Waals surface area contributed by atoms with Crippen LogP contribution in [0.15, 0.2) is 15.7 Å². The summed E-state index contributed by atoms with van der Waals surface area (Å²) in [7, 11) is -3.37. The zero-order chi connectivity index (χ0) is 13.9. The molecule has 5 nitrogen and oxygen atoms in total. The van der Waals surface area contributed by atoms with E-state index in [-0.39, 0.29) is 6.04 Å². The van der Waals surface area contributed by atoms with Crippen LogP contribution in [0.4, 0.5) is 0 Å². The fourth-order valence-electron chi connectivity index (χ4n) is 2.04. The van der Waals surface area contributed by atoms with Gasteiger partial charge >= 0.3 is 0 Å². The molecule has 108 valence electrons. The van der Waals surface area contributed by atoms with Gasteiger partial charge in [0, 0.05) is 19.1 Å². The van der Waals surface area contributed by atoms with E-state index >= 15 is 0 Å². The Hall–Kier alpha value is -0.470. The maximum Gasteiger partial charge on any atom is 0.252 e. The quantitative estimate of drug-likeness (QED) is 0.890. The van der Waals surface area contributed by atoms with Crippen molar-refractivity contribution in [2.75, 3.05) is 26.3 Å². The standard InChI is InChI=1S/C12H20N2O3S2/c1-3-13-7-11-6-12(18-9-11)19(15,16)14-4-5-17-8-10(14)2/h6,9-10,13H,3-5,7-8H2,1-2H3. The van der Waals surface area contributed by atoms with Gasteiger partial charge in [-0.3, -0.25) is 0 Å². The van der Waals surface area contributed by atoms with E-state index in [9.17, 15) is 8.42 Å². The number of sulfonamides is 1. The van der Waals surface area contributed by atoms with Gasteiger partial charge in [0.25, 0.3) is 10.0 Å². The summed E-state index contributed by atoms with van der Waals surface area (Å²) < 4.78 is 32.3. The molecule has 0 spiro atoms. The van der Waals surface area contributed by atoms with E-state index in [2.05, 4.69) is 5.32 Å². The van der Waals surface area contributed by atoms with Crippen molar-refractivity contribution in [3.8, 4) is 0 Å². The Kier molecular flexibility index (Phi) is 4.97. The van der Waals surface area contributed by atoms with Crippen LogP contribution in [0.3, 0.4) is 0 Å². The van der Waals surface area contributed by atoms with Gasteiger partial charge in [0.15, 0.2) is 0 Å². The van der Waals surface area contributed by atoms with Crippen LogP contribution in [-0.4, -0.2) is 45.1 Å². The Balaban J connectivity index is 2.16. The van der Waals surface area contributed by atoms with Gasteiger partial charge in [-0.1, -0.05) is 6.92 Å². The summed E-state index contributed by atoms with van der Waals surface area (Å²) >= 11 is 1.29. The Morgan fingerprint density at radius 1 is 1.58 bits per heavy atom. The molecular weight excluding hydrogens is 284 g/mol. The minimum atomic E-state index is -3.37. The number of thiophene rings is 1. The highest BCUT2D eigenvalue weighted by Gasteiger charge is 2.32. The molecule has 1 saturated heterocycles. The highest BCUT2D eigenvalue weighted by molar-refractivity contribution is 7.91. The van der Waals surface area contributed by atoms with Crippen LogP contribution in [0.25, 0.3) is 0 Å². The molecule has 1 N–H and O–H groups in total. The van der Waals surface area contributed by atoms with Gasteiger partial charge in [-0.25, -0.2) is 8.42 Å². The molecule has 1 aliphatic heterocycles. The predicted octanol–water partition coefficient (Wildman–Crippen LogP) is 1.27. The van der Waals surface area contributed by atoms with Crippen molar-refractivity contribution < 1.29 is 13.2 Å². The van der Waals surface area contributed by atoms with Gasteiger partial charge in [0.05, 0.1) is 13.2 Å². The summed E-state index contributed by atoms with van der Waals surface area (Å²) in [5.74, 6) is 0. The van der Waals surface area contributed by atoms with E-state index in [1.165, 1.54) is 11.3 Å². The monoisotopic (exact) mass is 304 g/mol. The number of nitrogens with one attached hydrogen (secondary N) is 1. The minimum Gasteiger partial charge on any atom is -0.378 e. The van der Waals surface area contributed by atoms with Gasteiger partial charge < -0.3 is 10.1 Å². The van der Waals surface area contributed by atoms with Crippen LogP contribution >= 0.6 is 11.3 Å². The van der Waals surface area contributed by atoms with E-state index in [0.29, 0.717) is 30.5 Å². The maximum absolute atomic E-state index is 12.5. The van der Waals surface area contributed by atoms with Crippen molar-refractivity contribution in [3.05, 3.63) is 17.0 Å². The molecule has 0 bridgehead atoms. The molecular formula is C12H20N2O3S2. The third kappa shape index (κ3) is 3.35. The molecule has 0 saturated carbocycles. The highest BCUT2D eigenvalue weighted by Crippen LogP contribution is 2.26. The zero-order valence-electron chi connectivity index (χ0n) is 11.3. The third-order valence-corrected chi connectivity index (χ3v) is 6.56. The fraction of sp³-hybridized carbons (Fsp3) is 0.667. The average Bonchev–Trinajstić information content (AvgIpc) is 2.86. The van der Waals surface area contributed by atoms with Crippen molar-refractivity contribution in [1.29, 1.82) is 0 Å². The molecule has 19 heavy (non-hydrogen) atoms. The Morgan fingerprint density at radius 3 is 3.05 bits per heavy atom. The molecule has 1 aliphatic rings. The first-order valence-corrected chi connectivity index (χ1v) is 8.75. The first-order valence-electron chi connectivity index (χ1n) is 6.43. The second kappa shape index (κ2) is 6.32. The summed E-state index contributed by atoms with van der Waals surface area (Å²) in [5.41, 5.74) is 1.02. The minimum absolute atomic E-state index is 0.0990. The lowest BCUT2D eigenvalue weighted by Gasteiger charge is -2.31. The lowest BCUT2D eigenvalue weighted by molar-refractivity contribution is 0.0393. The predicted molar refractivity (Wildman–Crippen MR) is 75.9 cm³/mol. The topological polar surface area (TPSA) is 58.6 Å². The Bertz CT molecular complexity index is 513. The van der Waals surface area contributed by atoms with Crippen LogP contribution in [-0.2, 0) is 21.3 Å². The molecule has 1 aromatic rings. The summed E-state index contributed by atoms with van der Waals surface area (Å²) in [6.07, 6.45) is 0. The van der Waals surface area contributed by atoms with E-state index in [4.69, 9.17) is 4.74 Å². The molecule has 0 aliphatic carbocycles. The van der Waals surface area contributed by atoms with Crippen molar-refractivity contribution in [3.63, 3.8) is 0 Å². The van der Waals surface area contributed by atoms with Crippen LogP contribution in [0.2, 0.25) is 0 Å². The molecule has 7 heteroatoms. The van der Waals surface area contributed by atoms with Gasteiger partial charge in [0.2, 0.25) is 0 Å². The molecule has 2 rings (SSSR count). The maximum atomic E-state index is 12.5. The molecule has 1 aromatic heterocycles. The van der Waals surface area contributed by atoms with Crippen LogP contribution in [0.1, 0.15) is 19.4 Å². The molecule has 0 amide bonds. The number of hydrogen-bond donors (Lipinski definition) is 1.